The van der Waals surface area contributed by atoms with Crippen molar-refractivity contribution >= 4 is 11.7 Å². The van der Waals surface area contributed by atoms with Gasteiger partial charge in [-0.15, -0.1) is 0 Å². The van der Waals surface area contributed by atoms with Crippen LogP contribution < -0.4 is 11.3 Å². The number of nitrogen functional groups attached to an aromatic ring is 1. The maximum atomic E-state index is 12.2. The third-order valence-electron chi connectivity index (χ3n) is 3.93. The van der Waals surface area contributed by atoms with Gasteiger partial charge in [-0.05, 0) is 30.9 Å². The number of hydrazine groups is 1. The van der Waals surface area contributed by atoms with Crippen LogP contribution in [0.15, 0.2) is 18.2 Å². The van der Waals surface area contributed by atoms with Crippen molar-refractivity contribution < 1.29 is 4.79 Å². The molecule has 1 saturated heterocycles. The molecule has 5 heteroatoms. The molecule has 20 heavy (non-hydrogen) atoms. The van der Waals surface area contributed by atoms with Gasteiger partial charge in [0.05, 0.1) is 12.2 Å². The smallest absolute Gasteiger partial charge is 0.222 e. The van der Waals surface area contributed by atoms with E-state index >= 15 is 0 Å². The molecule has 1 atom stereocenters. The molecule has 1 aromatic heterocycles. The first kappa shape index (κ1) is 14.8. The molecule has 2 rings (SSSR count). The highest BCUT2D eigenvalue weighted by molar-refractivity contribution is 5.76. The lowest BCUT2D eigenvalue weighted by atomic mass is 9.96. The monoisotopic (exact) mass is 276 g/mol. The van der Waals surface area contributed by atoms with Crippen molar-refractivity contribution in [1.82, 2.24) is 9.88 Å². The summed E-state index contributed by atoms with van der Waals surface area (Å²) in [6.07, 6.45) is 5.23. The van der Waals surface area contributed by atoms with Crippen molar-refractivity contribution in [2.75, 3.05) is 12.0 Å². The quantitative estimate of drug-likeness (QED) is 0.639. The standard InChI is InChI=1S/C15H24N4O/c1-2-4-12-7-8-15(20)19(10-9-12)11-13-5-3-6-14(17-13)18-16/h3,5-6,12H,2,4,7-11,16H2,1H3,(H,17,18). The zero-order chi connectivity index (χ0) is 14.4. The molecule has 0 saturated carbocycles. The predicted molar refractivity (Wildman–Crippen MR) is 79.7 cm³/mol. The van der Waals surface area contributed by atoms with Gasteiger partial charge < -0.3 is 10.3 Å². The van der Waals surface area contributed by atoms with Gasteiger partial charge in [0, 0.05) is 13.0 Å². The van der Waals surface area contributed by atoms with Gasteiger partial charge in [0.1, 0.15) is 5.82 Å². The molecule has 2 heterocycles. The Morgan fingerprint density at radius 2 is 2.30 bits per heavy atom. The van der Waals surface area contributed by atoms with E-state index in [-0.39, 0.29) is 5.91 Å². The molecule has 110 valence electrons. The number of carbonyl (C=O) groups excluding carboxylic acids is 1. The lowest BCUT2D eigenvalue weighted by molar-refractivity contribution is -0.131. The summed E-state index contributed by atoms with van der Waals surface area (Å²) in [4.78, 5) is 18.5. The Balaban J connectivity index is 1.98. The molecule has 0 radical (unpaired) electrons. The van der Waals surface area contributed by atoms with Gasteiger partial charge in [-0.1, -0.05) is 25.8 Å². The molecule has 1 aliphatic rings. The fourth-order valence-electron chi connectivity index (χ4n) is 2.80. The minimum absolute atomic E-state index is 0.247. The summed E-state index contributed by atoms with van der Waals surface area (Å²) in [5.41, 5.74) is 3.41. The minimum atomic E-state index is 0.247. The Morgan fingerprint density at radius 3 is 3.05 bits per heavy atom. The highest BCUT2D eigenvalue weighted by atomic mass is 16.2. The largest absolute Gasteiger partial charge is 0.337 e. The lowest BCUT2D eigenvalue weighted by Gasteiger charge is -2.20. The van der Waals surface area contributed by atoms with Gasteiger partial charge in [-0.2, -0.15) is 0 Å². The Labute approximate surface area is 120 Å². The van der Waals surface area contributed by atoms with E-state index in [0.717, 1.165) is 25.1 Å². The topological polar surface area (TPSA) is 71.2 Å². The third kappa shape index (κ3) is 3.93. The second-order valence-electron chi connectivity index (χ2n) is 5.46. The number of rotatable bonds is 5. The van der Waals surface area contributed by atoms with Crippen molar-refractivity contribution in [2.45, 2.75) is 45.6 Å². The molecule has 1 unspecified atom stereocenters. The number of hydrogen-bond acceptors (Lipinski definition) is 4. The Hall–Kier alpha value is -1.62. The summed E-state index contributed by atoms with van der Waals surface area (Å²) in [5.74, 6) is 6.94. The average Bonchev–Trinajstić information content (AvgIpc) is 2.64. The van der Waals surface area contributed by atoms with Gasteiger partial charge in [0.25, 0.3) is 0 Å². The number of aromatic nitrogens is 1. The van der Waals surface area contributed by atoms with Crippen molar-refractivity contribution in [3.63, 3.8) is 0 Å². The first-order valence-corrected chi connectivity index (χ1v) is 7.43. The Morgan fingerprint density at radius 1 is 1.45 bits per heavy atom. The first-order valence-electron chi connectivity index (χ1n) is 7.43. The molecule has 0 aliphatic carbocycles. The maximum absolute atomic E-state index is 12.2. The molecule has 5 nitrogen and oxygen atoms in total. The van der Waals surface area contributed by atoms with Crippen molar-refractivity contribution in [3.8, 4) is 0 Å². The minimum Gasteiger partial charge on any atom is -0.337 e. The van der Waals surface area contributed by atoms with Crippen LogP contribution in [0.25, 0.3) is 0 Å². The summed E-state index contributed by atoms with van der Waals surface area (Å²) in [7, 11) is 0. The summed E-state index contributed by atoms with van der Waals surface area (Å²) in [6, 6.07) is 5.65. The molecule has 0 bridgehead atoms. The van der Waals surface area contributed by atoms with Crippen molar-refractivity contribution in [2.24, 2.45) is 11.8 Å². The van der Waals surface area contributed by atoms with Gasteiger partial charge in [0.15, 0.2) is 0 Å². The van der Waals surface area contributed by atoms with Crippen LogP contribution in [-0.2, 0) is 11.3 Å². The highest BCUT2D eigenvalue weighted by Crippen LogP contribution is 2.23. The van der Waals surface area contributed by atoms with Crippen LogP contribution in [0.5, 0.6) is 0 Å². The fraction of sp³-hybridized carbons (Fsp3) is 0.600. The molecule has 0 spiro atoms. The Kier molecular flexibility index (Phi) is 5.35. The molecule has 1 aromatic rings. The molecular formula is C15H24N4O. The summed E-state index contributed by atoms with van der Waals surface area (Å²) in [6.45, 7) is 3.62. The summed E-state index contributed by atoms with van der Waals surface area (Å²) < 4.78 is 0. The van der Waals surface area contributed by atoms with Gasteiger partial charge in [0.2, 0.25) is 5.91 Å². The van der Waals surface area contributed by atoms with E-state index in [2.05, 4.69) is 17.3 Å². The number of nitrogens with two attached hydrogens (primary N) is 1. The molecule has 1 aliphatic heterocycles. The number of hydrogen-bond donors (Lipinski definition) is 2. The second-order valence-corrected chi connectivity index (χ2v) is 5.46. The van der Waals surface area contributed by atoms with Crippen LogP contribution >= 0.6 is 0 Å². The number of anilines is 1. The first-order chi connectivity index (χ1) is 9.72. The number of nitrogens with one attached hydrogen (secondary N) is 1. The van der Waals surface area contributed by atoms with E-state index < -0.39 is 0 Å². The average molecular weight is 276 g/mol. The number of likely N-dealkylation sites (tertiary alicyclic amines) is 1. The summed E-state index contributed by atoms with van der Waals surface area (Å²) >= 11 is 0. The second kappa shape index (κ2) is 7.24. The van der Waals surface area contributed by atoms with E-state index in [1.807, 2.05) is 23.1 Å². The zero-order valence-corrected chi connectivity index (χ0v) is 12.1. The van der Waals surface area contributed by atoms with Crippen LogP contribution in [0.3, 0.4) is 0 Å². The molecule has 1 amide bonds. The predicted octanol–water partition coefficient (Wildman–Crippen LogP) is 2.30. The Bertz CT molecular complexity index is 449. The zero-order valence-electron chi connectivity index (χ0n) is 12.1. The SMILES string of the molecule is CCCC1CCC(=O)N(Cc2cccc(NN)n2)CC1. The molecule has 3 N–H and O–H groups in total. The maximum Gasteiger partial charge on any atom is 0.222 e. The van der Waals surface area contributed by atoms with Gasteiger partial charge >= 0.3 is 0 Å². The van der Waals surface area contributed by atoms with E-state index in [4.69, 9.17) is 5.84 Å². The molecular weight excluding hydrogens is 252 g/mol. The number of pyridine rings is 1. The van der Waals surface area contributed by atoms with E-state index in [0.29, 0.717) is 24.7 Å². The van der Waals surface area contributed by atoms with Gasteiger partial charge in [-0.3, -0.25) is 4.79 Å². The number of amides is 1. The highest BCUT2D eigenvalue weighted by Gasteiger charge is 2.22. The third-order valence-corrected chi connectivity index (χ3v) is 3.93. The van der Waals surface area contributed by atoms with Crippen LogP contribution in [0.2, 0.25) is 0 Å². The lowest BCUT2D eigenvalue weighted by Crippen LogP contribution is -2.30. The van der Waals surface area contributed by atoms with Crippen LogP contribution in [0.4, 0.5) is 5.82 Å². The summed E-state index contributed by atoms with van der Waals surface area (Å²) in [5, 5.41) is 0. The van der Waals surface area contributed by atoms with Crippen LogP contribution in [0.1, 0.15) is 44.7 Å². The van der Waals surface area contributed by atoms with Crippen molar-refractivity contribution in [3.05, 3.63) is 23.9 Å². The normalized spacial score (nSPS) is 19.8. The fourth-order valence-corrected chi connectivity index (χ4v) is 2.80. The van der Waals surface area contributed by atoms with Crippen LogP contribution in [0, 0.1) is 5.92 Å². The number of nitrogens with zero attached hydrogens (tertiary/aromatic N) is 2. The van der Waals surface area contributed by atoms with Crippen molar-refractivity contribution in [1.29, 1.82) is 0 Å². The van der Waals surface area contributed by atoms with E-state index in [1.54, 1.807) is 0 Å². The molecule has 1 fully saturated rings. The van der Waals surface area contributed by atoms with E-state index in [1.165, 1.54) is 12.8 Å². The van der Waals surface area contributed by atoms with Crippen LogP contribution in [-0.4, -0.2) is 22.3 Å². The van der Waals surface area contributed by atoms with Gasteiger partial charge in [-0.25, -0.2) is 10.8 Å². The molecule has 0 aromatic carbocycles. The number of carbonyl (C=O) groups is 1. The van der Waals surface area contributed by atoms with E-state index in [9.17, 15) is 4.79 Å².